The molecule has 1 aromatic heterocycles. The standard InChI is InChI=1S/C16H10N2O7/c1-8-2-4-9(5-3-8)15(19)10-7-25-12-6-11(17(21)22)16(20)14(13(10)12)18(23)24/h2-7,20H,1H3/p-1. The molecule has 3 aromatic rings. The third kappa shape index (κ3) is 2.57. The van der Waals surface area contributed by atoms with Crippen LogP contribution in [0.4, 0.5) is 11.4 Å². The van der Waals surface area contributed by atoms with E-state index in [2.05, 4.69) is 0 Å². The highest BCUT2D eigenvalue weighted by atomic mass is 16.6. The summed E-state index contributed by atoms with van der Waals surface area (Å²) in [6.07, 6.45) is 0.961. The van der Waals surface area contributed by atoms with Crippen LogP contribution in [-0.4, -0.2) is 15.6 Å². The Bertz CT molecular complexity index is 1030. The van der Waals surface area contributed by atoms with Crippen molar-refractivity contribution in [1.82, 2.24) is 0 Å². The lowest BCUT2D eigenvalue weighted by atomic mass is 10.00. The van der Waals surface area contributed by atoms with Crippen LogP contribution in [0.2, 0.25) is 0 Å². The van der Waals surface area contributed by atoms with Crippen molar-refractivity contribution in [1.29, 1.82) is 0 Å². The highest BCUT2D eigenvalue weighted by Crippen LogP contribution is 2.42. The van der Waals surface area contributed by atoms with Gasteiger partial charge in [0.1, 0.15) is 17.2 Å². The van der Waals surface area contributed by atoms with E-state index >= 15 is 0 Å². The Morgan fingerprint density at radius 2 is 1.72 bits per heavy atom. The van der Waals surface area contributed by atoms with Crippen LogP contribution in [0.5, 0.6) is 5.75 Å². The Morgan fingerprint density at radius 1 is 1.08 bits per heavy atom. The molecule has 0 aliphatic rings. The highest BCUT2D eigenvalue weighted by Gasteiger charge is 2.29. The molecule has 0 radical (unpaired) electrons. The average molecular weight is 341 g/mol. The second kappa shape index (κ2) is 5.71. The van der Waals surface area contributed by atoms with Crippen LogP contribution in [-0.2, 0) is 0 Å². The van der Waals surface area contributed by atoms with Crippen molar-refractivity contribution < 1.29 is 24.2 Å². The summed E-state index contributed by atoms with van der Waals surface area (Å²) in [5.74, 6) is -1.96. The minimum Gasteiger partial charge on any atom is -0.863 e. The summed E-state index contributed by atoms with van der Waals surface area (Å²) >= 11 is 0. The van der Waals surface area contributed by atoms with Crippen molar-refractivity contribution >= 4 is 28.1 Å². The van der Waals surface area contributed by atoms with E-state index in [1.54, 1.807) is 12.1 Å². The molecular weight excluding hydrogens is 332 g/mol. The van der Waals surface area contributed by atoms with Crippen molar-refractivity contribution in [3.63, 3.8) is 0 Å². The predicted molar refractivity (Wildman–Crippen MR) is 83.6 cm³/mol. The first-order valence-corrected chi connectivity index (χ1v) is 6.96. The zero-order chi connectivity index (χ0) is 18.3. The number of ketones is 1. The maximum Gasteiger partial charge on any atom is 0.280 e. The Labute approximate surface area is 139 Å². The topological polar surface area (TPSA) is 140 Å². The summed E-state index contributed by atoms with van der Waals surface area (Å²) < 4.78 is 5.08. The Balaban J connectivity index is 2.29. The third-order valence-corrected chi connectivity index (χ3v) is 3.71. The molecule has 0 aliphatic carbocycles. The second-order valence-corrected chi connectivity index (χ2v) is 5.31. The number of hydrogen-bond donors (Lipinski definition) is 0. The largest absolute Gasteiger partial charge is 0.863 e. The summed E-state index contributed by atoms with van der Waals surface area (Å²) in [5, 5.41) is 33.9. The average Bonchev–Trinajstić information content (AvgIpc) is 2.97. The Morgan fingerprint density at radius 3 is 2.28 bits per heavy atom. The van der Waals surface area contributed by atoms with E-state index in [9.17, 15) is 30.1 Å². The molecule has 0 spiro atoms. The van der Waals surface area contributed by atoms with E-state index in [0.717, 1.165) is 17.9 Å². The van der Waals surface area contributed by atoms with E-state index in [0.29, 0.717) is 0 Å². The first kappa shape index (κ1) is 16.1. The molecule has 25 heavy (non-hydrogen) atoms. The highest BCUT2D eigenvalue weighted by molar-refractivity contribution is 6.18. The first-order chi connectivity index (χ1) is 11.8. The van der Waals surface area contributed by atoms with Gasteiger partial charge in [0.15, 0.2) is 5.78 Å². The number of nitro groups is 2. The van der Waals surface area contributed by atoms with Gasteiger partial charge in [-0.15, -0.1) is 0 Å². The number of nitro benzene ring substituents is 2. The molecule has 0 atom stereocenters. The minimum atomic E-state index is -1.37. The second-order valence-electron chi connectivity index (χ2n) is 5.31. The molecule has 0 N–H and O–H groups in total. The molecule has 2 aromatic carbocycles. The number of carbonyl (C=O) groups is 1. The van der Waals surface area contributed by atoms with Crippen molar-refractivity contribution in [2.24, 2.45) is 0 Å². The third-order valence-electron chi connectivity index (χ3n) is 3.71. The van der Waals surface area contributed by atoms with Gasteiger partial charge >= 0.3 is 0 Å². The van der Waals surface area contributed by atoms with Crippen molar-refractivity contribution in [2.45, 2.75) is 6.92 Å². The van der Waals surface area contributed by atoms with Crippen LogP contribution in [0.3, 0.4) is 0 Å². The number of carbonyl (C=O) groups excluding carboxylic acids is 1. The van der Waals surface area contributed by atoms with Gasteiger partial charge in [0.05, 0.1) is 27.2 Å². The van der Waals surface area contributed by atoms with Gasteiger partial charge in [-0.05, 0) is 6.92 Å². The van der Waals surface area contributed by atoms with Crippen molar-refractivity contribution in [3.05, 3.63) is 73.5 Å². The van der Waals surface area contributed by atoms with Crippen molar-refractivity contribution in [3.8, 4) is 5.75 Å². The SMILES string of the molecule is Cc1ccc(C(=O)c2coc3cc([N+](=O)[O-])c([O-])c([N+](=O)[O-])c23)cc1. The van der Waals surface area contributed by atoms with Gasteiger partial charge in [0.25, 0.3) is 11.4 Å². The molecule has 9 nitrogen and oxygen atoms in total. The Kier molecular flexibility index (Phi) is 3.68. The van der Waals surface area contributed by atoms with Gasteiger partial charge in [-0.1, -0.05) is 29.8 Å². The molecule has 9 heteroatoms. The molecule has 0 fully saturated rings. The molecular formula is C16H9N2O7-. The number of rotatable bonds is 4. The number of benzene rings is 2. The predicted octanol–water partition coefficient (Wildman–Crippen LogP) is 2.86. The van der Waals surface area contributed by atoms with Crippen LogP contribution >= 0.6 is 0 Å². The molecule has 0 saturated carbocycles. The zero-order valence-corrected chi connectivity index (χ0v) is 12.7. The lowest BCUT2D eigenvalue weighted by molar-refractivity contribution is -0.415. The van der Waals surface area contributed by atoms with Crippen LogP contribution < -0.4 is 5.11 Å². The fourth-order valence-corrected chi connectivity index (χ4v) is 2.49. The Hall–Kier alpha value is -3.75. The van der Waals surface area contributed by atoms with Crippen molar-refractivity contribution in [2.75, 3.05) is 0 Å². The smallest absolute Gasteiger partial charge is 0.280 e. The molecule has 0 amide bonds. The summed E-state index contributed by atoms with van der Waals surface area (Å²) in [6, 6.07) is 7.23. The van der Waals surface area contributed by atoms with Gasteiger partial charge in [-0.3, -0.25) is 25.0 Å². The fourth-order valence-electron chi connectivity index (χ4n) is 2.49. The molecule has 0 bridgehead atoms. The van der Waals surface area contributed by atoms with Crippen LogP contribution in [0.15, 0.2) is 41.0 Å². The quantitative estimate of drug-likeness (QED) is 0.403. The number of hydrogen-bond acceptors (Lipinski definition) is 7. The van der Waals surface area contributed by atoms with E-state index in [4.69, 9.17) is 4.42 Å². The van der Waals surface area contributed by atoms with Gasteiger partial charge in [-0.25, -0.2) is 0 Å². The summed E-state index contributed by atoms with van der Waals surface area (Å²) in [7, 11) is 0. The number of aryl methyl sites for hydroxylation is 1. The van der Waals surface area contributed by atoms with E-state index in [1.165, 1.54) is 12.1 Å². The summed E-state index contributed by atoms with van der Waals surface area (Å²) in [5.41, 5.74) is -1.34. The molecule has 126 valence electrons. The minimum absolute atomic E-state index is 0.197. The van der Waals surface area contributed by atoms with Gasteiger partial charge in [0, 0.05) is 5.56 Å². The van der Waals surface area contributed by atoms with E-state index < -0.39 is 32.8 Å². The number of nitrogens with zero attached hydrogens (tertiary/aromatic N) is 2. The lowest BCUT2D eigenvalue weighted by Gasteiger charge is -2.08. The van der Waals surface area contributed by atoms with Crippen LogP contribution in [0.1, 0.15) is 21.5 Å². The van der Waals surface area contributed by atoms with E-state index in [1.807, 2.05) is 6.92 Å². The van der Waals surface area contributed by atoms with Gasteiger partial charge in [-0.2, -0.15) is 0 Å². The van der Waals surface area contributed by atoms with Gasteiger partial charge in [0.2, 0.25) is 0 Å². The normalized spacial score (nSPS) is 10.8. The number of fused-ring (bicyclic) bond motifs is 1. The molecule has 0 unspecified atom stereocenters. The summed E-state index contributed by atoms with van der Waals surface area (Å²) in [4.78, 5) is 32.8. The van der Waals surface area contributed by atoms with E-state index in [-0.39, 0.29) is 22.1 Å². The number of furan rings is 1. The summed E-state index contributed by atoms with van der Waals surface area (Å²) in [6.45, 7) is 1.83. The molecule has 0 saturated heterocycles. The molecule has 0 aliphatic heterocycles. The first-order valence-electron chi connectivity index (χ1n) is 6.96. The zero-order valence-electron chi connectivity index (χ0n) is 12.7. The monoisotopic (exact) mass is 341 g/mol. The van der Waals surface area contributed by atoms with Crippen LogP contribution in [0.25, 0.3) is 11.0 Å². The fraction of sp³-hybridized carbons (Fsp3) is 0.0625. The maximum absolute atomic E-state index is 12.6. The molecule has 1 heterocycles. The van der Waals surface area contributed by atoms with Crippen LogP contribution in [0, 0.1) is 27.2 Å². The maximum atomic E-state index is 12.6. The molecule has 3 rings (SSSR count). The van der Waals surface area contributed by atoms with Gasteiger partial charge < -0.3 is 9.52 Å². The lowest BCUT2D eigenvalue weighted by Crippen LogP contribution is -2.05.